The lowest BCUT2D eigenvalue weighted by molar-refractivity contribution is -0.0116. The monoisotopic (exact) mass is 151 g/mol. The highest BCUT2D eigenvalue weighted by Gasteiger charge is 2.50. The first-order valence-corrected chi connectivity index (χ1v) is 4.57. The maximum atomic E-state index is 4.08. The van der Waals surface area contributed by atoms with Gasteiger partial charge in [-0.25, -0.2) is 0 Å². The third kappa shape index (κ3) is 0.807. The Morgan fingerprint density at radius 2 is 2.27 bits per heavy atom. The predicted octanol–water partition coefficient (Wildman–Crippen LogP) is 2.05. The average molecular weight is 151 g/mol. The van der Waals surface area contributed by atoms with Gasteiger partial charge in [0.2, 0.25) is 0 Å². The zero-order valence-electron chi connectivity index (χ0n) is 7.56. The maximum Gasteiger partial charge on any atom is 0.0285 e. The first kappa shape index (κ1) is 7.35. The zero-order chi connectivity index (χ0) is 8.06. The Balaban J connectivity index is 2.20. The molecule has 0 aromatic heterocycles. The van der Waals surface area contributed by atoms with Crippen LogP contribution in [0.1, 0.15) is 26.7 Å². The minimum Gasteiger partial charge on any atom is -0.293 e. The smallest absolute Gasteiger partial charge is 0.0285 e. The lowest BCUT2D eigenvalue weighted by atomic mass is 9.75. The highest BCUT2D eigenvalue weighted by molar-refractivity contribution is 5.20. The molecular formula is C10H17N. The third-order valence-corrected chi connectivity index (χ3v) is 3.49. The van der Waals surface area contributed by atoms with Gasteiger partial charge in [-0.1, -0.05) is 26.0 Å². The van der Waals surface area contributed by atoms with E-state index in [9.17, 15) is 0 Å². The lowest BCUT2D eigenvalue weighted by Gasteiger charge is -2.51. The summed E-state index contributed by atoms with van der Waals surface area (Å²) in [5.41, 5.74) is 1.98. The van der Waals surface area contributed by atoms with Gasteiger partial charge >= 0.3 is 0 Å². The van der Waals surface area contributed by atoms with Crippen LogP contribution in [0.4, 0.5) is 0 Å². The van der Waals surface area contributed by atoms with Gasteiger partial charge in [-0.2, -0.15) is 0 Å². The van der Waals surface area contributed by atoms with E-state index in [1.807, 2.05) is 0 Å². The maximum absolute atomic E-state index is 4.08. The van der Waals surface area contributed by atoms with Crippen molar-refractivity contribution in [2.45, 2.75) is 32.2 Å². The third-order valence-electron chi connectivity index (χ3n) is 3.49. The van der Waals surface area contributed by atoms with Gasteiger partial charge in [0.05, 0.1) is 0 Å². The summed E-state index contributed by atoms with van der Waals surface area (Å²) in [6.07, 6.45) is 2.65. The summed E-state index contributed by atoms with van der Waals surface area (Å²) in [5, 5.41) is 0. The molecule has 1 heteroatoms. The molecule has 1 atom stereocenters. The van der Waals surface area contributed by atoms with Crippen LogP contribution in [-0.4, -0.2) is 23.5 Å². The lowest BCUT2D eigenvalue weighted by Crippen LogP contribution is -2.58. The minimum absolute atomic E-state index is 0.539. The Morgan fingerprint density at radius 3 is 2.55 bits per heavy atom. The second kappa shape index (κ2) is 2.10. The van der Waals surface area contributed by atoms with E-state index < -0.39 is 0 Å². The molecule has 2 fully saturated rings. The van der Waals surface area contributed by atoms with Crippen LogP contribution in [0.25, 0.3) is 0 Å². The van der Waals surface area contributed by atoms with E-state index in [-0.39, 0.29) is 0 Å². The minimum atomic E-state index is 0.539. The van der Waals surface area contributed by atoms with Gasteiger partial charge in [-0.05, 0) is 18.8 Å². The summed E-state index contributed by atoms with van der Waals surface area (Å²) in [4.78, 5) is 2.60. The van der Waals surface area contributed by atoms with Crippen molar-refractivity contribution >= 4 is 0 Å². The molecule has 62 valence electrons. The zero-order valence-corrected chi connectivity index (χ0v) is 7.56. The molecule has 0 aromatic rings. The van der Waals surface area contributed by atoms with Gasteiger partial charge in [0, 0.05) is 18.6 Å². The Labute approximate surface area is 69.1 Å². The van der Waals surface area contributed by atoms with Crippen molar-refractivity contribution in [1.82, 2.24) is 4.90 Å². The summed E-state index contributed by atoms with van der Waals surface area (Å²) in [7, 11) is 0. The predicted molar refractivity (Wildman–Crippen MR) is 47.5 cm³/mol. The van der Waals surface area contributed by atoms with Crippen LogP contribution in [0.5, 0.6) is 0 Å². The van der Waals surface area contributed by atoms with E-state index in [0.717, 1.165) is 12.5 Å². The molecule has 11 heavy (non-hydrogen) atoms. The second-order valence-electron chi connectivity index (χ2n) is 4.36. The molecule has 1 unspecified atom stereocenters. The first-order valence-electron chi connectivity index (χ1n) is 4.57. The molecular weight excluding hydrogens is 134 g/mol. The summed E-state index contributed by atoms with van der Waals surface area (Å²) in [5.74, 6) is 0.801. The van der Waals surface area contributed by atoms with Crippen molar-refractivity contribution in [3.05, 3.63) is 12.2 Å². The quantitative estimate of drug-likeness (QED) is 0.518. The van der Waals surface area contributed by atoms with E-state index in [0.29, 0.717) is 5.54 Å². The molecule has 0 saturated carbocycles. The van der Waals surface area contributed by atoms with E-state index >= 15 is 0 Å². The van der Waals surface area contributed by atoms with E-state index in [2.05, 4.69) is 25.3 Å². The Morgan fingerprint density at radius 1 is 1.55 bits per heavy atom. The molecule has 2 heterocycles. The van der Waals surface area contributed by atoms with Gasteiger partial charge in [-0.15, -0.1) is 0 Å². The second-order valence-corrected chi connectivity index (χ2v) is 4.36. The largest absolute Gasteiger partial charge is 0.293 e. The van der Waals surface area contributed by atoms with E-state index in [1.54, 1.807) is 0 Å². The van der Waals surface area contributed by atoms with Crippen molar-refractivity contribution in [3.63, 3.8) is 0 Å². The molecule has 2 saturated heterocycles. The highest BCUT2D eigenvalue weighted by atomic mass is 15.3. The van der Waals surface area contributed by atoms with E-state index in [1.165, 1.54) is 25.0 Å². The van der Waals surface area contributed by atoms with Crippen molar-refractivity contribution in [2.75, 3.05) is 13.1 Å². The highest BCUT2D eigenvalue weighted by Crippen LogP contribution is 2.47. The van der Waals surface area contributed by atoms with Crippen LogP contribution in [-0.2, 0) is 0 Å². The van der Waals surface area contributed by atoms with E-state index in [4.69, 9.17) is 0 Å². The van der Waals surface area contributed by atoms with Crippen LogP contribution < -0.4 is 0 Å². The van der Waals surface area contributed by atoms with Gasteiger partial charge in [-0.3, -0.25) is 4.90 Å². The molecule has 0 spiro atoms. The summed E-state index contributed by atoms with van der Waals surface area (Å²) in [6, 6.07) is 0. The molecule has 0 N–H and O–H groups in total. The standard InChI is InChI=1S/C10H17N/c1-8(2)10-4-5-11(10)7-9(3)6-10/h8H,3-7H2,1-2H3. The molecule has 0 amide bonds. The summed E-state index contributed by atoms with van der Waals surface area (Å²) >= 11 is 0. The van der Waals surface area contributed by atoms with Crippen LogP contribution in [0, 0.1) is 5.92 Å². The summed E-state index contributed by atoms with van der Waals surface area (Å²) < 4.78 is 0. The molecule has 0 aromatic carbocycles. The number of hydrogen-bond acceptors (Lipinski definition) is 1. The van der Waals surface area contributed by atoms with Crippen molar-refractivity contribution in [1.29, 1.82) is 0 Å². The van der Waals surface area contributed by atoms with Crippen LogP contribution in [0.3, 0.4) is 0 Å². The van der Waals surface area contributed by atoms with Crippen molar-refractivity contribution in [3.8, 4) is 0 Å². The number of rotatable bonds is 1. The number of hydrogen-bond donors (Lipinski definition) is 0. The fraction of sp³-hybridized carbons (Fsp3) is 0.800. The topological polar surface area (TPSA) is 3.24 Å². The molecule has 2 rings (SSSR count). The van der Waals surface area contributed by atoms with Crippen LogP contribution in [0.15, 0.2) is 12.2 Å². The Bertz CT molecular complexity index is 195. The normalized spacial score (nSPS) is 37.5. The Hall–Kier alpha value is -0.300. The molecule has 2 aliphatic heterocycles. The van der Waals surface area contributed by atoms with Gasteiger partial charge in [0.1, 0.15) is 0 Å². The first-order chi connectivity index (χ1) is 5.15. The molecule has 2 aliphatic rings. The van der Waals surface area contributed by atoms with Crippen LogP contribution in [0.2, 0.25) is 0 Å². The molecule has 0 bridgehead atoms. The number of nitrogens with zero attached hydrogens (tertiary/aromatic N) is 1. The Kier molecular flexibility index (Phi) is 1.40. The average Bonchev–Trinajstić information content (AvgIpc) is 2.11. The molecule has 0 aliphatic carbocycles. The van der Waals surface area contributed by atoms with Crippen LogP contribution >= 0.6 is 0 Å². The molecule has 1 nitrogen and oxygen atoms in total. The number of fused-ring (bicyclic) bond motifs is 1. The van der Waals surface area contributed by atoms with Crippen molar-refractivity contribution in [2.24, 2.45) is 5.92 Å². The fourth-order valence-electron chi connectivity index (χ4n) is 2.61. The fourth-order valence-corrected chi connectivity index (χ4v) is 2.61. The van der Waals surface area contributed by atoms with Gasteiger partial charge in [0.15, 0.2) is 0 Å². The van der Waals surface area contributed by atoms with Crippen molar-refractivity contribution < 1.29 is 0 Å². The SMILES string of the molecule is C=C1CN2CCC2(C(C)C)C1. The molecule has 0 radical (unpaired) electrons. The van der Waals surface area contributed by atoms with Gasteiger partial charge in [0.25, 0.3) is 0 Å². The van der Waals surface area contributed by atoms with Gasteiger partial charge < -0.3 is 0 Å². The summed E-state index contributed by atoms with van der Waals surface area (Å²) in [6.45, 7) is 11.2.